The fourth-order valence-corrected chi connectivity index (χ4v) is 2.23. The Morgan fingerprint density at radius 3 is 2.09 bits per heavy atom. The number of anilines is 1. The first kappa shape index (κ1) is 16.6. The minimum absolute atomic E-state index is 0.230. The second kappa shape index (κ2) is 6.56. The van der Waals surface area contributed by atoms with Gasteiger partial charge >= 0.3 is 6.09 Å². The van der Waals surface area contributed by atoms with E-state index in [1.165, 1.54) is 5.01 Å². The third-order valence-corrected chi connectivity index (χ3v) is 3.39. The Bertz CT molecular complexity index is 660. The Hall–Kier alpha value is -2.76. The number of rotatable bonds is 4. The third-order valence-electron chi connectivity index (χ3n) is 3.39. The third kappa shape index (κ3) is 3.91. The van der Waals surface area contributed by atoms with Crippen LogP contribution in [0.3, 0.4) is 0 Å². The van der Waals surface area contributed by atoms with Gasteiger partial charge in [-0.15, -0.1) is 0 Å². The number of carbonyl (C=O) groups excluding carboxylic acids is 1. The SMILES string of the molecule is CC(C)(C)N(CC(=O)N(c1ccccc1)n1cccc1)C(=O)O. The molecular weight excluding hydrogens is 294 g/mol. The molecule has 0 atom stereocenters. The Kier molecular flexibility index (Phi) is 4.74. The van der Waals surface area contributed by atoms with Gasteiger partial charge in [0, 0.05) is 17.9 Å². The molecule has 0 spiro atoms. The van der Waals surface area contributed by atoms with E-state index in [1.807, 2.05) is 30.3 Å². The normalized spacial score (nSPS) is 11.1. The fourth-order valence-electron chi connectivity index (χ4n) is 2.23. The zero-order valence-electron chi connectivity index (χ0n) is 13.5. The van der Waals surface area contributed by atoms with Crippen LogP contribution in [-0.2, 0) is 4.79 Å². The van der Waals surface area contributed by atoms with E-state index < -0.39 is 11.6 Å². The number of benzene rings is 1. The largest absolute Gasteiger partial charge is 0.465 e. The Morgan fingerprint density at radius 1 is 1.04 bits per heavy atom. The number of nitrogens with zero attached hydrogens (tertiary/aromatic N) is 3. The van der Waals surface area contributed by atoms with E-state index in [0.29, 0.717) is 5.69 Å². The summed E-state index contributed by atoms with van der Waals surface area (Å²) in [6.07, 6.45) is 2.37. The Balaban J connectivity index is 2.33. The maximum Gasteiger partial charge on any atom is 0.408 e. The molecule has 0 radical (unpaired) electrons. The molecule has 0 aliphatic heterocycles. The summed E-state index contributed by atoms with van der Waals surface area (Å²) in [4.78, 5) is 25.4. The van der Waals surface area contributed by atoms with Crippen LogP contribution in [0.5, 0.6) is 0 Å². The van der Waals surface area contributed by atoms with Gasteiger partial charge in [-0.05, 0) is 45.0 Å². The van der Waals surface area contributed by atoms with Gasteiger partial charge < -0.3 is 5.11 Å². The van der Waals surface area contributed by atoms with Gasteiger partial charge in [0.15, 0.2) is 0 Å². The number of para-hydroxylation sites is 1. The highest BCUT2D eigenvalue weighted by Gasteiger charge is 2.30. The lowest BCUT2D eigenvalue weighted by molar-refractivity contribution is -0.121. The lowest BCUT2D eigenvalue weighted by Crippen LogP contribution is -2.51. The molecule has 2 amide bonds. The predicted molar refractivity (Wildman–Crippen MR) is 88.2 cm³/mol. The van der Waals surface area contributed by atoms with Crippen LogP contribution in [0.1, 0.15) is 20.8 Å². The number of hydrogen-bond acceptors (Lipinski definition) is 2. The number of aromatic nitrogens is 1. The molecule has 122 valence electrons. The number of carbonyl (C=O) groups is 2. The van der Waals surface area contributed by atoms with Crippen LogP contribution in [0, 0.1) is 0 Å². The minimum Gasteiger partial charge on any atom is -0.465 e. The highest BCUT2D eigenvalue weighted by Crippen LogP contribution is 2.18. The van der Waals surface area contributed by atoms with Crippen molar-refractivity contribution in [3.63, 3.8) is 0 Å². The number of amides is 2. The summed E-state index contributed by atoms with van der Waals surface area (Å²) in [5.41, 5.74) is 0.00789. The molecule has 0 saturated heterocycles. The van der Waals surface area contributed by atoms with E-state index in [1.54, 1.807) is 50.0 Å². The summed E-state index contributed by atoms with van der Waals surface area (Å²) in [7, 11) is 0. The summed E-state index contributed by atoms with van der Waals surface area (Å²) < 4.78 is 1.64. The van der Waals surface area contributed by atoms with Crippen molar-refractivity contribution in [3.8, 4) is 0 Å². The first-order valence-electron chi connectivity index (χ1n) is 7.32. The van der Waals surface area contributed by atoms with Crippen LogP contribution in [0.15, 0.2) is 54.9 Å². The molecule has 2 rings (SSSR count). The van der Waals surface area contributed by atoms with Gasteiger partial charge in [0.2, 0.25) is 0 Å². The summed E-state index contributed by atoms with van der Waals surface area (Å²) >= 11 is 0. The monoisotopic (exact) mass is 315 g/mol. The van der Waals surface area contributed by atoms with Gasteiger partial charge in [0.05, 0.1) is 5.69 Å². The molecular formula is C17H21N3O3. The molecule has 1 aromatic heterocycles. The zero-order valence-corrected chi connectivity index (χ0v) is 13.5. The molecule has 1 N–H and O–H groups in total. The standard InChI is InChI=1S/C17H21N3O3/c1-17(2,3)19(16(22)23)13-15(21)20(18-11-7-8-12-18)14-9-5-4-6-10-14/h4-12H,13H2,1-3H3,(H,22,23). The second-order valence-corrected chi connectivity index (χ2v) is 6.14. The van der Waals surface area contributed by atoms with E-state index in [-0.39, 0.29) is 12.5 Å². The van der Waals surface area contributed by atoms with E-state index in [2.05, 4.69) is 0 Å². The Labute approximate surface area is 135 Å². The topological polar surface area (TPSA) is 65.8 Å². The molecule has 23 heavy (non-hydrogen) atoms. The maximum absolute atomic E-state index is 12.8. The van der Waals surface area contributed by atoms with E-state index in [0.717, 1.165) is 4.90 Å². The van der Waals surface area contributed by atoms with Gasteiger partial charge in [-0.3, -0.25) is 14.4 Å². The van der Waals surface area contributed by atoms with Crippen LogP contribution in [0.25, 0.3) is 0 Å². The summed E-state index contributed by atoms with van der Waals surface area (Å²) in [6, 6.07) is 12.8. The highest BCUT2D eigenvalue weighted by molar-refractivity contribution is 5.95. The molecule has 0 saturated carbocycles. The maximum atomic E-state index is 12.8. The fraction of sp³-hybridized carbons (Fsp3) is 0.294. The molecule has 0 fully saturated rings. The predicted octanol–water partition coefficient (Wildman–Crippen LogP) is 3.06. The molecule has 0 bridgehead atoms. The van der Waals surface area contributed by atoms with Gasteiger partial charge in [0.1, 0.15) is 6.54 Å². The van der Waals surface area contributed by atoms with Crippen LogP contribution in [0.4, 0.5) is 10.5 Å². The molecule has 0 aliphatic rings. The molecule has 1 aromatic carbocycles. The van der Waals surface area contributed by atoms with Crippen molar-refractivity contribution < 1.29 is 14.7 Å². The lowest BCUT2D eigenvalue weighted by Gasteiger charge is -2.34. The van der Waals surface area contributed by atoms with Crippen molar-refractivity contribution >= 4 is 17.7 Å². The smallest absolute Gasteiger partial charge is 0.408 e. The number of hydrogen-bond donors (Lipinski definition) is 1. The van der Waals surface area contributed by atoms with Crippen LogP contribution in [0.2, 0.25) is 0 Å². The molecule has 6 heteroatoms. The highest BCUT2D eigenvalue weighted by atomic mass is 16.4. The van der Waals surface area contributed by atoms with Crippen molar-refractivity contribution in [3.05, 3.63) is 54.9 Å². The van der Waals surface area contributed by atoms with Crippen molar-refractivity contribution in [2.24, 2.45) is 0 Å². The molecule has 1 heterocycles. The van der Waals surface area contributed by atoms with Crippen molar-refractivity contribution in [2.75, 3.05) is 11.6 Å². The summed E-state index contributed by atoms with van der Waals surface area (Å²) in [5.74, 6) is -0.329. The summed E-state index contributed by atoms with van der Waals surface area (Å²) in [5, 5.41) is 10.8. The summed E-state index contributed by atoms with van der Waals surface area (Å²) in [6.45, 7) is 5.05. The first-order valence-corrected chi connectivity index (χ1v) is 7.32. The number of carboxylic acid groups (broad SMARTS) is 1. The van der Waals surface area contributed by atoms with E-state index in [4.69, 9.17) is 0 Å². The first-order chi connectivity index (χ1) is 10.8. The average Bonchev–Trinajstić information content (AvgIpc) is 2.98. The Morgan fingerprint density at radius 2 is 1.61 bits per heavy atom. The van der Waals surface area contributed by atoms with Gasteiger partial charge in [0.25, 0.3) is 5.91 Å². The quantitative estimate of drug-likeness (QED) is 0.943. The molecule has 0 aliphatic carbocycles. The van der Waals surface area contributed by atoms with E-state index in [9.17, 15) is 14.7 Å². The average molecular weight is 315 g/mol. The lowest BCUT2D eigenvalue weighted by atomic mass is 10.1. The van der Waals surface area contributed by atoms with Crippen molar-refractivity contribution in [1.29, 1.82) is 0 Å². The van der Waals surface area contributed by atoms with Crippen molar-refractivity contribution in [2.45, 2.75) is 26.3 Å². The molecule has 0 unspecified atom stereocenters. The minimum atomic E-state index is -1.12. The van der Waals surface area contributed by atoms with Crippen LogP contribution >= 0.6 is 0 Å². The van der Waals surface area contributed by atoms with Gasteiger partial charge in [-0.1, -0.05) is 18.2 Å². The van der Waals surface area contributed by atoms with Gasteiger partial charge in [-0.2, -0.15) is 0 Å². The zero-order chi connectivity index (χ0) is 17.0. The van der Waals surface area contributed by atoms with Crippen molar-refractivity contribution in [1.82, 2.24) is 9.58 Å². The molecule has 2 aromatic rings. The van der Waals surface area contributed by atoms with Gasteiger partial charge in [-0.25, -0.2) is 9.80 Å². The second-order valence-electron chi connectivity index (χ2n) is 6.14. The van der Waals surface area contributed by atoms with E-state index >= 15 is 0 Å². The van der Waals surface area contributed by atoms with Crippen LogP contribution in [-0.4, -0.2) is 38.8 Å². The molecule has 6 nitrogen and oxygen atoms in total. The van der Waals surface area contributed by atoms with Crippen LogP contribution < -0.4 is 5.01 Å².